The fraction of sp³-hybridized carbons (Fsp3) is 1.00. The largest absolute Gasteiger partial charge is 0.314 e. The van der Waals surface area contributed by atoms with Crippen LogP contribution in [0.5, 0.6) is 0 Å². The molecule has 0 radical (unpaired) electrons. The maximum atomic E-state index is 11.8. The van der Waals surface area contributed by atoms with Crippen molar-refractivity contribution in [2.75, 3.05) is 39.0 Å². The Labute approximate surface area is 100 Å². The van der Waals surface area contributed by atoms with Crippen LogP contribution in [0.3, 0.4) is 0 Å². The van der Waals surface area contributed by atoms with Crippen LogP contribution in [-0.2, 0) is 9.84 Å². The minimum Gasteiger partial charge on any atom is -0.314 e. The molecule has 0 fully saturated rings. The Bertz CT molecular complexity index is 281. The van der Waals surface area contributed by atoms with Crippen molar-refractivity contribution in [3.8, 4) is 0 Å². The fourth-order valence-electron chi connectivity index (χ4n) is 1.07. The minimum absolute atomic E-state index is 0.215. The van der Waals surface area contributed by atoms with Crippen LogP contribution in [0.1, 0.15) is 27.7 Å². The van der Waals surface area contributed by atoms with Gasteiger partial charge in [-0.2, -0.15) is 0 Å². The topological polar surface area (TPSA) is 49.4 Å². The molecule has 0 heterocycles. The maximum Gasteiger partial charge on any atom is 0.156 e. The van der Waals surface area contributed by atoms with Crippen LogP contribution in [0.25, 0.3) is 0 Å². The van der Waals surface area contributed by atoms with E-state index in [4.69, 9.17) is 0 Å². The molecule has 0 rings (SSSR count). The number of sulfone groups is 1. The van der Waals surface area contributed by atoms with Gasteiger partial charge < -0.3 is 10.2 Å². The van der Waals surface area contributed by atoms with Crippen LogP contribution in [-0.4, -0.2) is 57.0 Å². The summed E-state index contributed by atoms with van der Waals surface area (Å²) in [6, 6.07) is 0. The summed E-state index contributed by atoms with van der Waals surface area (Å²) in [5.41, 5.74) is 0. The van der Waals surface area contributed by atoms with E-state index in [9.17, 15) is 8.42 Å². The molecule has 0 aliphatic rings. The first-order valence-corrected chi connectivity index (χ1v) is 7.47. The lowest BCUT2D eigenvalue weighted by Gasteiger charge is -2.19. The Morgan fingerprint density at radius 2 is 1.75 bits per heavy atom. The van der Waals surface area contributed by atoms with E-state index in [0.717, 1.165) is 19.6 Å². The number of likely N-dealkylation sites (N-methyl/N-ethyl adjacent to an activating group) is 1. The Kier molecular flexibility index (Phi) is 6.51. The minimum atomic E-state index is -2.98. The fourth-order valence-corrected chi connectivity index (χ4v) is 2.09. The number of rotatable bonds is 7. The molecule has 16 heavy (non-hydrogen) atoms. The highest BCUT2D eigenvalue weighted by molar-refractivity contribution is 7.92. The molecule has 0 amide bonds. The van der Waals surface area contributed by atoms with E-state index >= 15 is 0 Å². The van der Waals surface area contributed by atoms with Crippen LogP contribution in [0.4, 0.5) is 0 Å². The van der Waals surface area contributed by atoms with Crippen molar-refractivity contribution in [3.63, 3.8) is 0 Å². The van der Waals surface area contributed by atoms with E-state index in [0.29, 0.717) is 6.54 Å². The van der Waals surface area contributed by atoms with Gasteiger partial charge in [0.1, 0.15) is 0 Å². The van der Waals surface area contributed by atoms with Crippen molar-refractivity contribution in [3.05, 3.63) is 0 Å². The Morgan fingerprint density at radius 3 is 2.19 bits per heavy atom. The predicted molar refractivity (Wildman–Crippen MR) is 69.6 cm³/mol. The number of hydrogen-bond donors (Lipinski definition) is 1. The van der Waals surface area contributed by atoms with Crippen molar-refractivity contribution in [2.45, 2.75) is 32.4 Å². The lowest BCUT2D eigenvalue weighted by molar-refractivity contribution is 0.350. The van der Waals surface area contributed by atoms with Crippen molar-refractivity contribution in [1.82, 2.24) is 10.2 Å². The molecule has 0 atom stereocenters. The lowest BCUT2D eigenvalue weighted by Crippen LogP contribution is -2.36. The van der Waals surface area contributed by atoms with Gasteiger partial charge in [-0.25, -0.2) is 8.42 Å². The highest BCUT2D eigenvalue weighted by Crippen LogP contribution is 2.14. The first kappa shape index (κ1) is 15.9. The van der Waals surface area contributed by atoms with E-state index in [1.165, 1.54) is 0 Å². The van der Waals surface area contributed by atoms with Gasteiger partial charge >= 0.3 is 0 Å². The molecule has 0 aromatic rings. The smallest absolute Gasteiger partial charge is 0.156 e. The summed E-state index contributed by atoms with van der Waals surface area (Å²) < 4.78 is 22.9. The molecule has 5 heteroatoms. The van der Waals surface area contributed by atoms with Gasteiger partial charge in [-0.3, -0.25) is 0 Å². The lowest BCUT2D eigenvalue weighted by atomic mass is 10.3. The second-order valence-corrected chi connectivity index (χ2v) is 7.94. The molecule has 4 nitrogen and oxygen atoms in total. The molecule has 0 saturated heterocycles. The number of nitrogens with one attached hydrogen (secondary N) is 1. The van der Waals surface area contributed by atoms with Gasteiger partial charge in [-0.05, 0) is 34.4 Å². The molecule has 0 aromatic carbocycles. The van der Waals surface area contributed by atoms with Gasteiger partial charge in [0.25, 0.3) is 0 Å². The van der Waals surface area contributed by atoms with Crippen molar-refractivity contribution >= 4 is 9.84 Å². The molecule has 0 bridgehead atoms. The molecule has 0 aromatic heterocycles. The monoisotopic (exact) mass is 250 g/mol. The predicted octanol–water partition coefficient (Wildman–Crippen LogP) is 0.741. The highest BCUT2D eigenvalue weighted by Gasteiger charge is 2.27. The van der Waals surface area contributed by atoms with Crippen molar-refractivity contribution < 1.29 is 8.42 Å². The standard InChI is InChI=1S/C11H26N2O2S/c1-6-13(5)9-7-12-8-10-16(14,15)11(2,3)4/h12H,6-10H2,1-5H3. The van der Waals surface area contributed by atoms with Gasteiger partial charge in [0, 0.05) is 19.6 Å². The van der Waals surface area contributed by atoms with Crippen molar-refractivity contribution in [2.24, 2.45) is 0 Å². The molecular formula is C11H26N2O2S. The van der Waals surface area contributed by atoms with Gasteiger partial charge in [0.15, 0.2) is 9.84 Å². The molecule has 0 unspecified atom stereocenters. The Hall–Kier alpha value is -0.130. The zero-order valence-electron chi connectivity index (χ0n) is 11.2. The third-order valence-electron chi connectivity index (χ3n) is 2.69. The van der Waals surface area contributed by atoms with E-state index in [-0.39, 0.29) is 5.75 Å². The van der Waals surface area contributed by atoms with E-state index in [2.05, 4.69) is 17.1 Å². The van der Waals surface area contributed by atoms with E-state index in [1.807, 2.05) is 7.05 Å². The molecule has 0 aliphatic heterocycles. The van der Waals surface area contributed by atoms with Gasteiger partial charge in [-0.15, -0.1) is 0 Å². The second-order valence-electron chi connectivity index (χ2n) is 5.08. The zero-order valence-corrected chi connectivity index (χ0v) is 12.0. The van der Waals surface area contributed by atoms with Crippen LogP contribution in [0, 0.1) is 0 Å². The Balaban J connectivity index is 3.76. The highest BCUT2D eigenvalue weighted by atomic mass is 32.2. The van der Waals surface area contributed by atoms with Crippen LogP contribution in [0.15, 0.2) is 0 Å². The molecule has 98 valence electrons. The average Bonchev–Trinajstić information content (AvgIpc) is 2.15. The van der Waals surface area contributed by atoms with Crippen LogP contribution in [0.2, 0.25) is 0 Å². The van der Waals surface area contributed by atoms with Gasteiger partial charge in [0.2, 0.25) is 0 Å². The summed E-state index contributed by atoms with van der Waals surface area (Å²) in [5, 5.41) is 3.16. The van der Waals surface area contributed by atoms with Crippen LogP contribution < -0.4 is 5.32 Å². The van der Waals surface area contributed by atoms with Gasteiger partial charge in [-0.1, -0.05) is 6.92 Å². The first-order chi connectivity index (χ1) is 7.20. The molecule has 0 spiro atoms. The van der Waals surface area contributed by atoms with Crippen molar-refractivity contribution in [1.29, 1.82) is 0 Å². The van der Waals surface area contributed by atoms with Crippen LogP contribution >= 0.6 is 0 Å². The summed E-state index contributed by atoms with van der Waals surface area (Å²) in [6.07, 6.45) is 0. The summed E-state index contributed by atoms with van der Waals surface area (Å²) >= 11 is 0. The molecular weight excluding hydrogens is 224 g/mol. The third-order valence-corrected chi connectivity index (χ3v) is 5.30. The first-order valence-electron chi connectivity index (χ1n) is 5.82. The summed E-state index contributed by atoms with van der Waals surface area (Å²) in [5.74, 6) is 0.215. The maximum absolute atomic E-state index is 11.8. The molecule has 1 N–H and O–H groups in total. The molecule has 0 saturated carbocycles. The quantitative estimate of drug-likeness (QED) is 0.677. The second kappa shape index (κ2) is 6.57. The summed E-state index contributed by atoms with van der Waals surface area (Å²) in [7, 11) is -0.931. The normalized spacial score (nSPS) is 13.4. The number of nitrogens with zero attached hydrogens (tertiary/aromatic N) is 1. The van der Waals surface area contributed by atoms with Gasteiger partial charge in [0.05, 0.1) is 10.5 Å². The zero-order chi connectivity index (χ0) is 12.8. The SMILES string of the molecule is CCN(C)CCNCCS(=O)(=O)C(C)(C)C. The average molecular weight is 250 g/mol. The van der Waals surface area contributed by atoms with E-state index < -0.39 is 14.6 Å². The summed E-state index contributed by atoms with van der Waals surface area (Å²) in [6.45, 7) is 10.7. The third kappa shape index (κ3) is 5.82. The summed E-state index contributed by atoms with van der Waals surface area (Å²) in [4.78, 5) is 2.19. The Morgan fingerprint density at radius 1 is 1.19 bits per heavy atom. The number of hydrogen-bond acceptors (Lipinski definition) is 4. The van der Waals surface area contributed by atoms with E-state index in [1.54, 1.807) is 20.8 Å². The molecule has 0 aliphatic carbocycles.